The third kappa shape index (κ3) is 8.79. The minimum atomic E-state index is -1.86. The zero-order chi connectivity index (χ0) is 16.0. The Morgan fingerprint density at radius 1 is 1.05 bits per heavy atom. The summed E-state index contributed by atoms with van der Waals surface area (Å²) in [6.07, 6.45) is 0. The summed E-state index contributed by atoms with van der Waals surface area (Å²) in [5.74, 6) is -0.0831. The molecule has 4 nitrogen and oxygen atoms in total. The fourth-order valence-corrected chi connectivity index (χ4v) is 10.6. The van der Waals surface area contributed by atoms with Crippen molar-refractivity contribution >= 4 is 41.3 Å². The SMILES string of the molecule is CCOP(OCC)SC(C(=O)O[Si](C)(C)C)[Si](C)(C)C. The minimum absolute atomic E-state index is 0.0831. The highest BCUT2D eigenvalue weighted by molar-refractivity contribution is 8.54. The standard InChI is InChI=1S/C12H29O4PSSi2/c1-9-14-17(15-10-2)18-12(19(3,4)5)11(13)16-20(6,7)8/h12H,9-10H2,1-8H3. The van der Waals surface area contributed by atoms with Crippen molar-refractivity contribution in [2.75, 3.05) is 13.2 Å². The van der Waals surface area contributed by atoms with E-state index in [-0.39, 0.29) is 10.8 Å². The van der Waals surface area contributed by atoms with E-state index in [2.05, 4.69) is 19.6 Å². The lowest BCUT2D eigenvalue weighted by molar-refractivity contribution is -0.133. The molecule has 0 aliphatic heterocycles. The Morgan fingerprint density at radius 3 is 1.80 bits per heavy atom. The molecule has 0 N–H and O–H groups in total. The van der Waals surface area contributed by atoms with Crippen LogP contribution in [0.15, 0.2) is 0 Å². The van der Waals surface area contributed by atoms with Crippen LogP contribution >= 0.6 is 19.0 Å². The Morgan fingerprint density at radius 2 is 1.50 bits per heavy atom. The van der Waals surface area contributed by atoms with Gasteiger partial charge in [0.2, 0.25) is 15.9 Å². The Labute approximate surface area is 131 Å². The van der Waals surface area contributed by atoms with Crippen LogP contribution in [-0.2, 0) is 18.3 Å². The Balaban J connectivity index is 4.92. The fourth-order valence-electron chi connectivity index (χ4n) is 1.31. The maximum atomic E-state index is 12.5. The van der Waals surface area contributed by atoms with Crippen LogP contribution in [0.1, 0.15) is 13.8 Å². The van der Waals surface area contributed by atoms with Crippen molar-refractivity contribution in [1.29, 1.82) is 0 Å². The van der Waals surface area contributed by atoms with Crippen LogP contribution < -0.4 is 0 Å². The van der Waals surface area contributed by atoms with Crippen LogP contribution in [0.25, 0.3) is 0 Å². The van der Waals surface area contributed by atoms with E-state index in [1.165, 1.54) is 11.4 Å². The predicted octanol–water partition coefficient (Wildman–Crippen LogP) is 4.64. The second-order valence-electron chi connectivity index (χ2n) is 6.44. The number of hydrogen-bond donors (Lipinski definition) is 0. The first kappa shape index (κ1) is 20.6. The molecule has 0 aromatic heterocycles. The smallest absolute Gasteiger partial charge is 0.303 e. The van der Waals surface area contributed by atoms with E-state index < -0.39 is 24.0 Å². The molecule has 0 saturated heterocycles. The number of hydrogen-bond acceptors (Lipinski definition) is 5. The molecule has 0 aromatic carbocycles. The summed E-state index contributed by atoms with van der Waals surface area (Å²) in [6.45, 7) is 17.7. The second kappa shape index (κ2) is 8.90. The topological polar surface area (TPSA) is 44.8 Å². The van der Waals surface area contributed by atoms with E-state index in [0.29, 0.717) is 13.2 Å². The lowest BCUT2D eigenvalue weighted by atomic mass is 10.8. The van der Waals surface area contributed by atoms with E-state index in [1.54, 1.807) is 0 Å². The molecule has 0 radical (unpaired) electrons. The average molecular weight is 357 g/mol. The molecule has 0 bridgehead atoms. The van der Waals surface area contributed by atoms with Crippen LogP contribution in [-0.4, -0.2) is 40.4 Å². The zero-order valence-corrected chi connectivity index (χ0v) is 17.7. The molecule has 0 aliphatic carbocycles. The quantitative estimate of drug-likeness (QED) is 0.445. The third-order valence-corrected chi connectivity index (χ3v) is 11.1. The molecular formula is C12H29O4PSSi2. The summed E-state index contributed by atoms with van der Waals surface area (Å²) < 4.78 is 16.9. The first-order valence-electron chi connectivity index (χ1n) is 6.96. The van der Waals surface area contributed by atoms with Crippen molar-refractivity contribution in [3.05, 3.63) is 0 Å². The highest BCUT2D eigenvalue weighted by atomic mass is 32.7. The maximum Gasteiger partial charge on any atom is 0.303 e. The van der Waals surface area contributed by atoms with E-state index in [4.69, 9.17) is 13.5 Å². The van der Waals surface area contributed by atoms with Gasteiger partial charge in [-0.3, -0.25) is 4.79 Å². The van der Waals surface area contributed by atoms with Crippen LogP contribution in [0.3, 0.4) is 0 Å². The third-order valence-electron chi connectivity index (χ3n) is 2.07. The van der Waals surface area contributed by atoms with Gasteiger partial charge >= 0.3 is 5.97 Å². The van der Waals surface area contributed by atoms with Gasteiger partial charge in [-0.05, 0) is 33.5 Å². The normalized spacial score (nSPS) is 14.4. The lowest BCUT2D eigenvalue weighted by Crippen LogP contribution is -2.45. The van der Waals surface area contributed by atoms with Crippen molar-refractivity contribution in [3.63, 3.8) is 0 Å². The molecule has 0 spiro atoms. The highest BCUT2D eigenvalue weighted by Gasteiger charge is 2.39. The summed E-state index contributed by atoms with van der Waals surface area (Å²) in [4.78, 5) is 12.3. The Hall–Kier alpha value is 0.604. The van der Waals surface area contributed by atoms with Crippen molar-refractivity contribution in [2.45, 2.75) is 58.0 Å². The van der Waals surface area contributed by atoms with E-state index in [1.807, 2.05) is 33.5 Å². The van der Waals surface area contributed by atoms with Gasteiger partial charge in [0, 0.05) is 0 Å². The van der Waals surface area contributed by atoms with Crippen LogP contribution in [0, 0.1) is 0 Å². The zero-order valence-electron chi connectivity index (χ0n) is 14.0. The first-order chi connectivity index (χ1) is 9.01. The van der Waals surface area contributed by atoms with Crippen LogP contribution in [0.5, 0.6) is 0 Å². The molecule has 20 heavy (non-hydrogen) atoms. The van der Waals surface area contributed by atoms with Crippen molar-refractivity contribution in [2.24, 2.45) is 0 Å². The van der Waals surface area contributed by atoms with Gasteiger partial charge in [-0.15, -0.1) is 0 Å². The molecule has 0 fully saturated rings. The second-order valence-corrected chi connectivity index (χ2v) is 19.8. The van der Waals surface area contributed by atoms with Gasteiger partial charge < -0.3 is 13.5 Å². The molecule has 0 amide bonds. The molecular weight excluding hydrogens is 327 g/mol. The van der Waals surface area contributed by atoms with Gasteiger partial charge in [-0.1, -0.05) is 31.0 Å². The van der Waals surface area contributed by atoms with Gasteiger partial charge in [-0.25, -0.2) is 0 Å². The van der Waals surface area contributed by atoms with Crippen LogP contribution in [0.2, 0.25) is 39.3 Å². The van der Waals surface area contributed by atoms with Crippen molar-refractivity contribution in [1.82, 2.24) is 0 Å². The molecule has 120 valence electrons. The molecule has 1 atom stereocenters. The van der Waals surface area contributed by atoms with Crippen LogP contribution in [0.4, 0.5) is 0 Å². The number of carbonyl (C=O) groups is 1. The Bertz CT molecular complexity index is 299. The predicted molar refractivity (Wildman–Crippen MR) is 94.3 cm³/mol. The van der Waals surface area contributed by atoms with Gasteiger partial charge in [-0.2, -0.15) is 0 Å². The largest absolute Gasteiger partial charge is 0.519 e. The van der Waals surface area contributed by atoms with E-state index in [9.17, 15) is 4.79 Å². The summed E-state index contributed by atoms with van der Waals surface area (Å²) in [5.41, 5.74) is 0. The maximum absolute atomic E-state index is 12.5. The summed E-state index contributed by atoms with van der Waals surface area (Å²) in [7, 11) is -4.64. The fraction of sp³-hybridized carbons (Fsp3) is 0.917. The van der Waals surface area contributed by atoms with Gasteiger partial charge in [0.15, 0.2) is 0 Å². The Kier molecular flexibility index (Phi) is 9.17. The van der Waals surface area contributed by atoms with E-state index in [0.717, 1.165) is 0 Å². The molecule has 8 heteroatoms. The van der Waals surface area contributed by atoms with Crippen molar-refractivity contribution in [3.8, 4) is 0 Å². The van der Waals surface area contributed by atoms with E-state index >= 15 is 0 Å². The van der Waals surface area contributed by atoms with Crippen molar-refractivity contribution < 1.29 is 18.3 Å². The van der Waals surface area contributed by atoms with Gasteiger partial charge in [0.05, 0.1) is 21.3 Å². The summed E-state index contributed by atoms with van der Waals surface area (Å²) >= 11 is 1.52. The minimum Gasteiger partial charge on any atom is -0.519 e. The molecule has 0 aliphatic rings. The number of carbonyl (C=O) groups excluding carboxylic acids is 1. The lowest BCUT2D eigenvalue weighted by Gasteiger charge is -2.31. The highest BCUT2D eigenvalue weighted by Crippen LogP contribution is 2.55. The monoisotopic (exact) mass is 356 g/mol. The summed E-state index contributed by atoms with van der Waals surface area (Å²) in [6, 6.07) is 0. The summed E-state index contributed by atoms with van der Waals surface area (Å²) in [5, 5.41) is 0. The molecule has 0 aromatic rings. The van der Waals surface area contributed by atoms with Gasteiger partial charge in [0.25, 0.3) is 0 Å². The first-order valence-corrected chi connectivity index (χ1v) is 16.6. The molecule has 0 heterocycles. The molecule has 0 rings (SSSR count). The average Bonchev–Trinajstić information content (AvgIpc) is 2.21. The molecule has 1 unspecified atom stereocenters. The molecule has 0 saturated carbocycles. The number of rotatable bonds is 9. The van der Waals surface area contributed by atoms with Gasteiger partial charge in [0.1, 0.15) is 4.87 Å².